The Hall–Kier alpha value is -3.04. The van der Waals surface area contributed by atoms with Crippen molar-refractivity contribution in [2.24, 2.45) is 0 Å². The average molecular weight is 427 g/mol. The zero-order valence-corrected chi connectivity index (χ0v) is 16.7. The first-order chi connectivity index (χ1) is 13.0. The molecular weight excluding hydrogens is 408 g/mol. The molecule has 2 aromatic rings. The number of hydrogen-bond acceptors (Lipinski definition) is 4. The maximum atomic E-state index is 12.6. The van der Waals surface area contributed by atoms with Gasteiger partial charge in [-0.05, 0) is 48.9 Å². The highest BCUT2D eigenvalue weighted by molar-refractivity contribution is 9.10. The van der Waals surface area contributed by atoms with E-state index in [9.17, 15) is 10.1 Å². The molecular formula is C21H19BrN2O3. The van der Waals surface area contributed by atoms with Gasteiger partial charge in [-0.2, -0.15) is 5.26 Å². The van der Waals surface area contributed by atoms with E-state index in [1.165, 1.54) is 13.2 Å². The summed E-state index contributed by atoms with van der Waals surface area (Å²) in [6.07, 6.45) is 3.11. The number of ether oxygens (including phenoxy) is 2. The Kier molecular flexibility index (Phi) is 7.21. The first-order valence-electron chi connectivity index (χ1n) is 8.09. The van der Waals surface area contributed by atoms with Crippen molar-refractivity contribution in [3.8, 4) is 17.6 Å². The van der Waals surface area contributed by atoms with Gasteiger partial charge in [0.05, 0.1) is 12.8 Å². The zero-order valence-electron chi connectivity index (χ0n) is 15.1. The van der Waals surface area contributed by atoms with E-state index >= 15 is 0 Å². The van der Waals surface area contributed by atoms with Gasteiger partial charge in [-0.1, -0.05) is 34.7 Å². The maximum Gasteiger partial charge on any atom is 0.266 e. The van der Waals surface area contributed by atoms with Gasteiger partial charge >= 0.3 is 0 Å². The van der Waals surface area contributed by atoms with E-state index in [-0.39, 0.29) is 5.57 Å². The van der Waals surface area contributed by atoms with Crippen molar-refractivity contribution in [3.63, 3.8) is 0 Å². The molecule has 0 spiro atoms. The highest BCUT2D eigenvalue weighted by Crippen LogP contribution is 2.28. The Balaban J connectivity index is 2.35. The zero-order chi connectivity index (χ0) is 19.8. The predicted molar refractivity (Wildman–Crippen MR) is 110 cm³/mol. The number of aryl methyl sites for hydroxylation is 1. The number of amides is 1. The lowest BCUT2D eigenvalue weighted by molar-refractivity contribution is -0.112. The fourth-order valence-corrected chi connectivity index (χ4v) is 2.70. The van der Waals surface area contributed by atoms with Crippen LogP contribution in [0.2, 0.25) is 0 Å². The van der Waals surface area contributed by atoms with Crippen LogP contribution in [0.15, 0.2) is 59.1 Å². The summed E-state index contributed by atoms with van der Waals surface area (Å²) in [6.45, 7) is 5.84. The number of nitrogens with one attached hydrogen (secondary N) is 1. The van der Waals surface area contributed by atoms with Crippen molar-refractivity contribution in [1.29, 1.82) is 5.26 Å². The molecule has 0 heterocycles. The van der Waals surface area contributed by atoms with Crippen LogP contribution in [0.1, 0.15) is 11.1 Å². The van der Waals surface area contributed by atoms with Crippen molar-refractivity contribution in [2.45, 2.75) is 6.92 Å². The van der Waals surface area contributed by atoms with Crippen molar-refractivity contribution in [2.75, 3.05) is 19.0 Å². The van der Waals surface area contributed by atoms with Crippen molar-refractivity contribution in [1.82, 2.24) is 0 Å². The summed E-state index contributed by atoms with van der Waals surface area (Å²) in [5.74, 6) is 0.534. The molecule has 0 bridgehead atoms. The average Bonchev–Trinajstić information content (AvgIpc) is 2.65. The lowest BCUT2D eigenvalue weighted by atomic mass is 10.1. The standard InChI is InChI=1S/C21H19BrN2O3/c1-4-9-27-19-8-6-17(22)12-15(19)11-16(13-23)21(25)24-18-10-14(2)5-7-20(18)26-3/h4-8,10-12H,1,9H2,2-3H3,(H,24,25)/b16-11+. The number of nitrogens with zero attached hydrogens (tertiary/aromatic N) is 1. The van der Waals surface area contributed by atoms with Gasteiger partial charge in [0.15, 0.2) is 0 Å². The van der Waals surface area contributed by atoms with Crippen LogP contribution in [0, 0.1) is 18.3 Å². The Morgan fingerprint density at radius 3 is 2.70 bits per heavy atom. The normalized spacial score (nSPS) is 10.7. The molecule has 27 heavy (non-hydrogen) atoms. The van der Waals surface area contributed by atoms with Gasteiger partial charge in [-0.15, -0.1) is 0 Å². The molecule has 0 aliphatic carbocycles. The fourth-order valence-electron chi connectivity index (χ4n) is 2.33. The van der Waals surface area contributed by atoms with Gasteiger partial charge in [-0.25, -0.2) is 0 Å². The van der Waals surface area contributed by atoms with E-state index in [0.29, 0.717) is 29.4 Å². The summed E-state index contributed by atoms with van der Waals surface area (Å²) < 4.78 is 11.7. The molecule has 0 fully saturated rings. The Bertz CT molecular complexity index is 930. The minimum atomic E-state index is -0.531. The van der Waals surface area contributed by atoms with Gasteiger partial charge < -0.3 is 14.8 Å². The molecule has 0 aliphatic rings. The monoisotopic (exact) mass is 426 g/mol. The van der Waals surface area contributed by atoms with Crippen LogP contribution in [-0.2, 0) is 4.79 Å². The first-order valence-corrected chi connectivity index (χ1v) is 8.88. The molecule has 6 heteroatoms. The highest BCUT2D eigenvalue weighted by Gasteiger charge is 2.14. The third-order valence-electron chi connectivity index (χ3n) is 3.60. The van der Waals surface area contributed by atoms with E-state index in [2.05, 4.69) is 27.8 Å². The number of halogens is 1. The van der Waals surface area contributed by atoms with Crippen molar-refractivity contribution in [3.05, 3.63) is 70.2 Å². The molecule has 138 valence electrons. The number of nitriles is 1. The van der Waals surface area contributed by atoms with Gasteiger partial charge in [0.1, 0.15) is 29.7 Å². The summed E-state index contributed by atoms with van der Waals surface area (Å²) >= 11 is 3.39. The number of methoxy groups -OCH3 is 1. The van der Waals surface area contributed by atoms with Crippen LogP contribution in [-0.4, -0.2) is 19.6 Å². The number of hydrogen-bond donors (Lipinski definition) is 1. The molecule has 2 aromatic carbocycles. The third-order valence-corrected chi connectivity index (χ3v) is 4.09. The summed E-state index contributed by atoms with van der Waals surface area (Å²) in [7, 11) is 1.52. The van der Waals surface area contributed by atoms with Crippen LogP contribution < -0.4 is 14.8 Å². The first kappa shape index (κ1) is 20.3. The second-order valence-electron chi connectivity index (χ2n) is 5.61. The summed E-state index contributed by atoms with van der Waals surface area (Å²) in [6, 6.07) is 12.7. The highest BCUT2D eigenvalue weighted by atomic mass is 79.9. The lowest BCUT2D eigenvalue weighted by Gasteiger charge is -2.11. The van der Waals surface area contributed by atoms with E-state index in [1.807, 2.05) is 25.1 Å². The smallest absolute Gasteiger partial charge is 0.266 e. The molecule has 0 saturated heterocycles. The number of benzene rings is 2. The lowest BCUT2D eigenvalue weighted by Crippen LogP contribution is -2.14. The SMILES string of the molecule is C=CCOc1ccc(Br)cc1/C=C(\C#N)C(=O)Nc1cc(C)ccc1OC. The minimum absolute atomic E-state index is 0.0555. The number of rotatable bonds is 7. The molecule has 0 aromatic heterocycles. The predicted octanol–water partition coefficient (Wildman–Crippen LogP) is 4.88. The topological polar surface area (TPSA) is 71.3 Å². The second kappa shape index (κ2) is 9.60. The molecule has 1 amide bonds. The van der Waals surface area contributed by atoms with Crippen LogP contribution in [0.4, 0.5) is 5.69 Å². The number of carbonyl (C=O) groups excluding carboxylic acids is 1. The Morgan fingerprint density at radius 1 is 1.30 bits per heavy atom. The molecule has 5 nitrogen and oxygen atoms in total. The fraction of sp³-hybridized carbons (Fsp3) is 0.143. The van der Waals surface area contributed by atoms with E-state index in [1.54, 1.807) is 30.3 Å². The largest absolute Gasteiger partial charge is 0.495 e. The van der Waals surface area contributed by atoms with Crippen LogP contribution in [0.25, 0.3) is 6.08 Å². The van der Waals surface area contributed by atoms with Crippen LogP contribution in [0.5, 0.6) is 11.5 Å². The van der Waals surface area contributed by atoms with Crippen LogP contribution >= 0.6 is 15.9 Å². The minimum Gasteiger partial charge on any atom is -0.495 e. The van der Waals surface area contributed by atoms with Gasteiger partial charge in [0.25, 0.3) is 5.91 Å². The molecule has 0 unspecified atom stereocenters. The number of carbonyl (C=O) groups is 1. The Labute approximate surface area is 167 Å². The Morgan fingerprint density at radius 2 is 2.04 bits per heavy atom. The quantitative estimate of drug-likeness (QED) is 0.389. The van der Waals surface area contributed by atoms with Gasteiger partial charge in [0.2, 0.25) is 0 Å². The van der Waals surface area contributed by atoms with Crippen molar-refractivity contribution < 1.29 is 14.3 Å². The van der Waals surface area contributed by atoms with E-state index in [0.717, 1.165) is 10.0 Å². The number of anilines is 1. The van der Waals surface area contributed by atoms with Crippen molar-refractivity contribution >= 4 is 33.6 Å². The molecule has 0 aliphatic heterocycles. The molecule has 1 N–H and O–H groups in total. The summed E-state index contributed by atoms with van der Waals surface area (Å²) in [5.41, 5.74) is 2.01. The molecule has 0 saturated carbocycles. The second-order valence-corrected chi connectivity index (χ2v) is 6.53. The molecule has 0 atom stereocenters. The maximum absolute atomic E-state index is 12.6. The van der Waals surface area contributed by atoms with E-state index in [4.69, 9.17) is 9.47 Å². The summed E-state index contributed by atoms with van der Waals surface area (Å²) in [5, 5.41) is 12.2. The van der Waals surface area contributed by atoms with Crippen LogP contribution in [0.3, 0.4) is 0 Å². The van der Waals surface area contributed by atoms with Gasteiger partial charge in [0, 0.05) is 10.0 Å². The van der Waals surface area contributed by atoms with Gasteiger partial charge in [-0.3, -0.25) is 4.79 Å². The summed E-state index contributed by atoms with van der Waals surface area (Å²) in [4.78, 5) is 12.6. The molecule has 0 radical (unpaired) electrons. The third kappa shape index (κ3) is 5.47. The van der Waals surface area contributed by atoms with E-state index < -0.39 is 5.91 Å². The molecule has 2 rings (SSSR count).